The Balaban J connectivity index is 2.83. The number of aryl methyl sites for hydroxylation is 9. The Morgan fingerprint density at radius 2 is 0.690 bits per heavy atom. The molecule has 0 saturated carbocycles. The lowest BCUT2D eigenvalue weighted by molar-refractivity contribution is -0.133. The molecule has 0 heterocycles. The summed E-state index contributed by atoms with van der Waals surface area (Å²) in [5, 5.41) is 0. The number of rotatable bonds is 14. The molecule has 3 heteroatoms. The van der Waals surface area contributed by atoms with Gasteiger partial charge in [0.15, 0.2) is 0 Å². The van der Waals surface area contributed by atoms with Gasteiger partial charge < -0.3 is 4.18 Å². The van der Waals surface area contributed by atoms with Crippen LogP contribution < -0.4 is 0 Å². The molecular formula is C39H56O2S. The van der Waals surface area contributed by atoms with Crippen LogP contribution in [0, 0.1) is 0 Å². The van der Waals surface area contributed by atoms with E-state index in [-0.39, 0.29) is 5.97 Å². The van der Waals surface area contributed by atoms with Gasteiger partial charge in [0.25, 0.3) is 0 Å². The Kier molecular flexibility index (Phi) is 12.4. The Morgan fingerprint density at radius 3 is 0.857 bits per heavy atom. The van der Waals surface area contributed by atoms with Crippen LogP contribution in [0.5, 0.6) is 0 Å². The van der Waals surface area contributed by atoms with Crippen LogP contribution in [0.2, 0.25) is 0 Å². The summed E-state index contributed by atoms with van der Waals surface area (Å²) in [7, 11) is -2.42. The molecule has 3 aromatic rings. The highest BCUT2D eigenvalue weighted by molar-refractivity contribution is 8.30. The van der Waals surface area contributed by atoms with Gasteiger partial charge in [-0.25, -0.2) is 0 Å². The summed E-state index contributed by atoms with van der Waals surface area (Å²) >= 11 is 0. The smallest absolute Gasteiger partial charge is 0.316 e. The molecule has 0 aliphatic carbocycles. The van der Waals surface area contributed by atoms with E-state index in [0.29, 0.717) is 6.42 Å². The molecule has 3 rings (SSSR count). The summed E-state index contributed by atoms with van der Waals surface area (Å²) in [5.41, 5.74) is 12.1. The number of carbonyl (C=O) groups excluding carboxylic acids is 1. The number of carbonyl (C=O) groups is 1. The third kappa shape index (κ3) is 6.37. The van der Waals surface area contributed by atoms with Gasteiger partial charge in [-0.15, -0.1) is 0 Å². The first kappa shape index (κ1) is 34.0. The average molecular weight is 589 g/mol. The zero-order valence-electron chi connectivity index (χ0n) is 28.3. The average Bonchev–Trinajstić information content (AvgIpc) is 3.04. The number of hydrogen-bond acceptors (Lipinski definition) is 2. The van der Waals surface area contributed by atoms with Gasteiger partial charge in [0.05, 0.1) is 0 Å². The van der Waals surface area contributed by atoms with Crippen molar-refractivity contribution in [3.8, 4) is 0 Å². The predicted octanol–water partition coefficient (Wildman–Crippen LogP) is 10.9. The molecule has 0 bridgehead atoms. The first-order chi connectivity index (χ1) is 20.3. The first-order valence-electron chi connectivity index (χ1n) is 16.8. The zero-order valence-corrected chi connectivity index (χ0v) is 29.1. The van der Waals surface area contributed by atoms with Crippen molar-refractivity contribution in [2.45, 2.75) is 148 Å². The van der Waals surface area contributed by atoms with Gasteiger partial charge in [-0.3, -0.25) is 4.79 Å². The monoisotopic (exact) mass is 588 g/mol. The van der Waals surface area contributed by atoms with E-state index in [0.717, 1.165) is 57.8 Å². The third-order valence-electron chi connectivity index (χ3n) is 8.79. The first-order valence-corrected chi connectivity index (χ1v) is 18.3. The summed E-state index contributed by atoms with van der Waals surface area (Å²) in [6, 6.07) is 14.4. The van der Waals surface area contributed by atoms with Gasteiger partial charge in [-0.1, -0.05) is 106 Å². The van der Waals surface area contributed by atoms with Crippen LogP contribution in [-0.4, -0.2) is 5.97 Å². The van der Waals surface area contributed by atoms with Gasteiger partial charge in [0, 0.05) is 21.1 Å². The highest BCUT2D eigenvalue weighted by atomic mass is 32.3. The van der Waals surface area contributed by atoms with Crippen molar-refractivity contribution >= 4 is 16.3 Å². The molecule has 0 aliphatic heterocycles. The van der Waals surface area contributed by atoms with Crippen molar-refractivity contribution in [2.24, 2.45) is 0 Å². The van der Waals surface area contributed by atoms with Gasteiger partial charge in [-0.2, -0.15) is 0 Å². The Bertz CT molecular complexity index is 1150. The lowest BCUT2D eigenvalue weighted by atomic mass is 10.00. The van der Waals surface area contributed by atoms with E-state index in [1.165, 1.54) is 64.8 Å². The standard InChI is InChI=1S/C39H56O2S/c1-11-27-21-30(14-4)37(31(15-5)22-27)42(41-36(40)20-10,38-32(16-6)23-28(12-2)24-33(38)17-7)39-34(18-8)25-29(13-3)26-35(39)19-9/h21-26H,11-20H2,1-10H3. The second-order valence-corrected chi connectivity index (χ2v) is 13.8. The lowest BCUT2D eigenvalue weighted by Crippen LogP contribution is -2.21. The largest absolute Gasteiger partial charge is 0.402 e. The summed E-state index contributed by atoms with van der Waals surface area (Å²) in [5.74, 6) is -0.110. The minimum Gasteiger partial charge on any atom is -0.402 e. The molecule has 0 amide bonds. The zero-order chi connectivity index (χ0) is 31.0. The van der Waals surface area contributed by atoms with Crippen molar-refractivity contribution in [2.75, 3.05) is 0 Å². The maximum atomic E-state index is 13.9. The Hall–Kier alpha value is -2.52. The van der Waals surface area contributed by atoms with Crippen LogP contribution in [0.4, 0.5) is 0 Å². The highest BCUT2D eigenvalue weighted by Gasteiger charge is 2.44. The molecule has 0 aliphatic rings. The molecule has 3 aromatic carbocycles. The fourth-order valence-corrected chi connectivity index (χ4v) is 11.1. The van der Waals surface area contributed by atoms with Crippen LogP contribution in [-0.2, 0) is 66.8 Å². The second kappa shape index (κ2) is 15.3. The molecule has 42 heavy (non-hydrogen) atoms. The van der Waals surface area contributed by atoms with Gasteiger partial charge in [0.1, 0.15) is 0 Å². The minimum absolute atomic E-state index is 0.110. The van der Waals surface area contributed by atoms with E-state index in [9.17, 15) is 4.79 Å². The van der Waals surface area contributed by atoms with Gasteiger partial charge >= 0.3 is 5.97 Å². The predicted molar refractivity (Wildman–Crippen MR) is 182 cm³/mol. The van der Waals surface area contributed by atoms with Crippen LogP contribution in [0.1, 0.15) is 126 Å². The van der Waals surface area contributed by atoms with Crippen molar-refractivity contribution < 1.29 is 8.98 Å². The van der Waals surface area contributed by atoms with Gasteiger partial charge in [-0.05, 0) is 118 Å². The summed E-state index contributed by atoms with van der Waals surface area (Å²) < 4.78 is 7.27. The van der Waals surface area contributed by atoms with Crippen LogP contribution in [0.15, 0.2) is 51.1 Å². The molecule has 0 unspecified atom stereocenters. The maximum absolute atomic E-state index is 13.9. The SMILES string of the molecule is CCC(=O)OS(c1c(CC)cc(CC)cc1CC)(c1c(CC)cc(CC)cc1CC)c1c(CC)cc(CC)cc1CC. The van der Waals surface area contributed by atoms with Crippen molar-refractivity contribution in [1.29, 1.82) is 0 Å². The van der Waals surface area contributed by atoms with E-state index in [1.807, 2.05) is 6.92 Å². The molecule has 0 radical (unpaired) electrons. The molecule has 0 saturated heterocycles. The topological polar surface area (TPSA) is 26.3 Å². The third-order valence-corrected chi connectivity index (χ3v) is 12.5. The molecule has 0 fully saturated rings. The molecule has 230 valence electrons. The van der Waals surface area contributed by atoms with Crippen LogP contribution in [0.25, 0.3) is 0 Å². The normalized spacial score (nSPS) is 12.0. The molecule has 0 aromatic heterocycles. The summed E-state index contributed by atoms with van der Waals surface area (Å²) in [6.45, 7) is 22.3. The molecular weight excluding hydrogens is 532 g/mol. The van der Waals surface area contributed by atoms with E-state index in [1.54, 1.807) is 0 Å². The lowest BCUT2D eigenvalue weighted by Gasteiger charge is -2.46. The quantitative estimate of drug-likeness (QED) is 0.187. The van der Waals surface area contributed by atoms with Crippen LogP contribution in [0.3, 0.4) is 0 Å². The molecule has 0 N–H and O–H groups in total. The van der Waals surface area contributed by atoms with E-state index in [4.69, 9.17) is 4.18 Å². The van der Waals surface area contributed by atoms with Crippen molar-refractivity contribution in [3.05, 3.63) is 86.5 Å². The van der Waals surface area contributed by atoms with Crippen LogP contribution >= 0.6 is 10.3 Å². The summed E-state index contributed by atoms with van der Waals surface area (Å²) in [4.78, 5) is 17.8. The van der Waals surface area contributed by atoms with E-state index < -0.39 is 10.3 Å². The fraction of sp³-hybridized carbons (Fsp3) is 0.513. The van der Waals surface area contributed by atoms with E-state index >= 15 is 0 Å². The van der Waals surface area contributed by atoms with Gasteiger partial charge in [0.2, 0.25) is 0 Å². The molecule has 0 atom stereocenters. The minimum atomic E-state index is -2.42. The summed E-state index contributed by atoms with van der Waals surface area (Å²) in [6.07, 6.45) is 8.76. The van der Waals surface area contributed by atoms with Crippen molar-refractivity contribution in [1.82, 2.24) is 0 Å². The molecule has 2 nitrogen and oxygen atoms in total. The Labute approximate surface area is 259 Å². The number of benzene rings is 3. The molecule has 0 spiro atoms. The highest BCUT2D eigenvalue weighted by Crippen LogP contribution is 2.74. The second-order valence-electron chi connectivity index (χ2n) is 11.3. The van der Waals surface area contributed by atoms with E-state index in [2.05, 4.69) is 98.7 Å². The maximum Gasteiger partial charge on any atom is 0.316 e. The number of hydrogen-bond donors (Lipinski definition) is 0. The fourth-order valence-electron chi connectivity index (χ4n) is 6.41. The Morgan fingerprint density at radius 1 is 0.452 bits per heavy atom. The van der Waals surface area contributed by atoms with Crippen molar-refractivity contribution in [3.63, 3.8) is 0 Å².